The number of nitrogens with zero attached hydrogens (tertiary/aromatic N) is 5. The molecular weight excluding hydrogens is 202 g/mol. The smallest absolute Gasteiger partial charge is 0.195 e. The van der Waals surface area contributed by atoms with Gasteiger partial charge in [-0.15, -0.1) is 0 Å². The Hall–Kier alpha value is -1.52. The first-order valence-corrected chi connectivity index (χ1v) is 5.45. The largest absolute Gasteiger partial charge is 0.349 e. The molecule has 0 aromatic carbocycles. The van der Waals surface area contributed by atoms with Crippen molar-refractivity contribution in [3.63, 3.8) is 0 Å². The summed E-state index contributed by atoms with van der Waals surface area (Å²) in [5.74, 6) is 1.95. The molecule has 0 atom stereocenters. The van der Waals surface area contributed by atoms with Crippen molar-refractivity contribution in [2.24, 2.45) is 4.99 Å². The molecule has 5 heteroatoms. The number of guanidine groups is 1. The summed E-state index contributed by atoms with van der Waals surface area (Å²) in [4.78, 5) is 12.9. The van der Waals surface area contributed by atoms with E-state index in [1.165, 1.54) is 0 Å². The van der Waals surface area contributed by atoms with E-state index in [-0.39, 0.29) is 0 Å². The molecule has 0 fully saturated rings. The van der Waals surface area contributed by atoms with Crippen molar-refractivity contribution in [2.45, 2.75) is 20.0 Å². The highest BCUT2D eigenvalue weighted by Gasteiger charge is 2.05. The van der Waals surface area contributed by atoms with Gasteiger partial charge in [-0.25, -0.2) is 9.98 Å². The van der Waals surface area contributed by atoms with Crippen LogP contribution in [0.15, 0.2) is 17.4 Å². The minimum atomic E-state index is 0.618. The molecule has 1 aromatic heterocycles. The van der Waals surface area contributed by atoms with Crippen molar-refractivity contribution in [3.05, 3.63) is 18.2 Å². The molecular formula is C11H21N5. The molecule has 0 amide bonds. The van der Waals surface area contributed by atoms with Gasteiger partial charge in [0.1, 0.15) is 12.4 Å². The SMILES string of the molecule is CCn1ccnc1CN=C(N(C)C)N(C)C. The molecule has 1 aromatic rings. The van der Waals surface area contributed by atoms with Gasteiger partial charge in [0.25, 0.3) is 0 Å². The van der Waals surface area contributed by atoms with E-state index >= 15 is 0 Å². The first-order chi connectivity index (χ1) is 7.56. The van der Waals surface area contributed by atoms with Crippen LogP contribution < -0.4 is 0 Å². The van der Waals surface area contributed by atoms with E-state index in [1.54, 1.807) is 0 Å². The summed E-state index contributed by atoms with van der Waals surface area (Å²) < 4.78 is 2.10. The van der Waals surface area contributed by atoms with Crippen LogP contribution in [-0.4, -0.2) is 53.5 Å². The monoisotopic (exact) mass is 223 g/mol. The zero-order valence-corrected chi connectivity index (χ0v) is 10.8. The molecule has 0 bridgehead atoms. The van der Waals surface area contributed by atoms with E-state index in [1.807, 2.05) is 50.4 Å². The summed E-state index contributed by atoms with van der Waals surface area (Å²) in [6, 6.07) is 0. The van der Waals surface area contributed by atoms with Gasteiger partial charge in [-0.3, -0.25) is 0 Å². The van der Waals surface area contributed by atoms with Crippen LogP contribution in [0.4, 0.5) is 0 Å². The third-order valence-corrected chi connectivity index (χ3v) is 2.30. The van der Waals surface area contributed by atoms with Gasteiger partial charge < -0.3 is 14.4 Å². The molecule has 0 saturated carbocycles. The van der Waals surface area contributed by atoms with Crippen LogP contribution >= 0.6 is 0 Å². The highest BCUT2D eigenvalue weighted by atomic mass is 15.3. The number of aryl methyl sites for hydroxylation is 1. The molecule has 1 heterocycles. The van der Waals surface area contributed by atoms with E-state index < -0.39 is 0 Å². The van der Waals surface area contributed by atoms with Crippen molar-refractivity contribution in [1.29, 1.82) is 0 Å². The van der Waals surface area contributed by atoms with E-state index in [0.29, 0.717) is 6.54 Å². The number of aliphatic imine (C=N–C) groups is 1. The van der Waals surface area contributed by atoms with Crippen molar-refractivity contribution in [2.75, 3.05) is 28.2 Å². The maximum atomic E-state index is 4.56. The van der Waals surface area contributed by atoms with Crippen molar-refractivity contribution >= 4 is 5.96 Å². The number of hydrogen-bond donors (Lipinski definition) is 0. The molecule has 0 spiro atoms. The van der Waals surface area contributed by atoms with Crippen LogP contribution in [0, 0.1) is 0 Å². The number of hydrogen-bond acceptors (Lipinski definition) is 2. The molecule has 0 aliphatic carbocycles. The Morgan fingerprint density at radius 2 is 1.94 bits per heavy atom. The Kier molecular flexibility index (Phi) is 4.34. The zero-order valence-electron chi connectivity index (χ0n) is 10.8. The third-order valence-electron chi connectivity index (χ3n) is 2.30. The second-order valence-electron chi connectivity index (χ2n) is 4.03. The zero-order chi connectivity index (χ0) is 12.1. The van der Waals surface area contributed by atoms with Crippen molar-refractivity contribution in [1.82, 2.24) is 19.4 Å². The highest BCUT2D eigenvalue weighted by Crippen LogP contribution is 2.01. The maximum absolute atomic E-state index is 4.56. The molecule has 0 aliphatic rings. The number of imidazole rings is 1. The summed E-state index contributed by atoms with van der Waals surface area (Å²) in [5, 5.41) is 0. The van der Waals surface area contributed by atoms with Gasteiger partial charge in [0.15, 0.2) is 5.96 Å². The van der Waals surface area contributed by atoms with Crippen LogP contribution in [0.25, 0.3) is 0 Å². The minimum absolute atomic E-state index is 0.618. The first kappa shape index (κ1) is 12.5. The van der Waals surface area contributed by atoms with Gasteiger partial charge in [-0.2, -0.15) is 0 Å². The third kappa shape index (κ3) is 2.98. The topological polar surface area (TPSA) is 36.7 Å². The lowest BCUT2D eigenvalue weighted by atomic mass is 10.5. The van der Waals surface area contributed by atoms with E-state index in [9.17, 15) is 0 Å². The van der Waals surface area contributed by atoms with Crippen LogP contribution in [0.1, 0.15) is 12.7 Å². The van der Waals surface area contributed by atoms with Gasteiger partial charge in [-0.05, 0) is 6.92 Å². The van der Waals surface area contributed by atoms with E-state index in [2.05, 4.69) is 21.5 Å². The molecule has 0 unspecified atom stereocenters. The van der Waals surface area contributed by atoms with Crippen LogP contribution in [0.3, 0.4) is 0 Å². The minimum Gasteiger partial charge on any atom is -0.349 e. The highest BCUT2D eigenvalue weighted by molar-refractivity contribution is 5.79. The van der Waals surface area contributed by atoms with Crippen LogP contribution in [0.2, 0.25) is 0 Å². The molecule has 0 saturated heterocycles. The van der Waals surface area contributed by atoms with Crippen molar-refractivity contribution < 1.29 is 0 Å². The van der Waals surface area contributed by atoms with Gasteiger partial charge >= 0.3 is 0 Å². The molecule has 0 radical (unpaired) electrons. The van der Waals surface area contributed by atoms with Gasteiger partial charge in [0, 0.05) is 47.1 Å². The summed E-state index contributed by atoms with van der Waals surface area (Å²) in [5.41, 5.74) is 0. The molecule has 1 rings (SSSR count). The second kappa shape index (κ2) is 5.53. The normalized spacial score (nSPS) is 10.1. The fourth-order valence-corrected chi connectivity index (χ4v) is 1.60. The predicted molar refractivity (Wildman–Crippen MR) is 66.4 cm³/mol. The van der Waals surface area contributed by atoms with Gasteiger partial charge in [0.05, 0.1) is 0 Å². The van der Waals surface area contributed by atoms with Gasteiger partial charge in [0.2, 0.25) is 0 Å². The molecule has 90 valence electrons. The van der Waals surface area contributed by atoms with Crippen molar-refractivity contribution in [3.8, 4) is 0 Å². The number of aromatic nitrogens is 2. The predicted octanol–water partition coefficient (Wildman–Crippen LogP) is 0.882. The van der Waals surface area contributed by atoms with Crippen LogP contribution in [-0.2, 0) is 13.1 Å². The average Bonchev–Trinajstić information content (AvgIpc) is 2.64. The Balaban J connectivity index is 2.77. The standard InChI is InChI=1S/C11H21N5/c1-6-16-8-7-12-10(16)9-13-11(14(2)3)15(4)5/h7-8H,6,9H2,1-5H3. The Morgan fingerprint density at radius 1 is 1.31 bits per heavy atom. The Morgan fingerprint density at radius 3 is 2.44 bits per heavy atom. The lowest BCUT2D eigenvalue weighted by Crippen LogP contribution is -2.35. The Bertz CT molecular complexity index is 341. The van der Waals surface area contributed by atoms with Gasteiger partial charge in [-0.1, -0.05) is 0 Å². The molecule has 16 heavy (non-hydrogen) atoms. The summed E-state index contributed by atoms with van der Waals surface area (Å²) in [7, 11) is 7.96. The summed E-state index contributed by atoms with van der Waals surface area (Å²) in [6.45, 7) is 3.66. The number of rotatable bonds is 3. The lowest BCUT2D eigenvalue weighted by molar-refractivity contribution is 0.478. The quantitative estimate of drug-likeness (QED) is 0.564. The second-order valence-corrected chi connectivity index (χ2v) is 4.03. The Labute approximate surface area is 97.4 Å². The van der Waals surface area contributed by atoms with Crippen LogP contribution in [0.5, 0.6) is 0 Å². The van der Waals surface area contributed by atoms with E-state index in [4.69, 9.17) is 0 Å². The average molecular weight is 223 g/mol. The lowest BCUT2D eigenvalue weighted by Gasteiger charge is -2.22. The fourth-order valence-electron chi connectivity index (χ4n) is 1.60. The van der Waals surface area contributed by atoms with E-state index in [0.717, 1.165) is 18.3 Å². The first-order valence-electron chi connectivity index (χ1n) is 5.45. The molecule has 5 nitrogen and oxygen atoms in total. The summed E-state index contributed by atoms with van der Waals surface area (Å²) in [6.07, 6.45) is 3.80. The summed E-state index contributed by atoms with van der Waals surface area (Å²) >= 11 is 0. The fraction of sp³-hybridized carbons (Fsp3) is 0.636. The molecule has 0 aliphatic heterocycles. The maximum Gasteiger partial charge on any atom is 0.195 e. The molecule has 0 N–H and O–H groups in total.